The normalized spacial score (nSPS) is 12.6. The topological polar surface area (TPSA) is 72.5 Å². The van der Waals surface area contributed by atoms with Gasteiger partial charge in [0.05, 0.1) is 24.1 Å². The van der Waals surface area contributed by atoms with Crippen LogP contribution in [0, 0.1) is 22.9 Å². The molecule has 3 N–H and O–H groups in total. The first-order valence-corrected chi connectivity index (χ1v) is 5.35. The van der Waals surface area contributed by atoms with Gasteiger partial charge in [0.2, 0.25) is 0 Å². The number of phenolic OH excluding ortho intramolecular Hbond substituents is 1. The maximum Gasteiger partial charge on any atom is 0.313 e. The molecule has 1 atom stereocenters. The number of phenols is 1. The quantitative estimate of drug-likeness (QED) is 0.664. The van der Waals surface area contributed by atoms with Gasteiger partial charge in [-0.05, 0) is 13.8 Å². The van der Waals surface area contributed by atoms with Crippen LogP contribution in [0.5, 0.6) is 5.75 Å². The third-order valence-corrected chi connectivity index (χ3v) is 2.98. The molecule has 0 aliphatic carbocycles. The van der Waals surface area contributed by atoms with Crippen molar-refractivity contribution in [1.29, 1.82) is 0 Å². The maximum atomic E-state index is 13.7. The van der Waals surface area contributed by atoms with Gasteiger partial charge in [0.15, 0.2) is 17.5 Å². The zero-order valence-electron chi connectivity index (χ0n) is 11.0. The van der Waals surface area contributed by atoms with Gasteiger partial charge in [0.25, 0.3) is 0 Å². The third-order valence-electron chi connectivity index (χ3n) is 2.98. The number of hydrogen-bond donors (Lipinski definition) is 2. The van der Waals surface area contributed by atoms with E-state index in [1.807, 2.05) is 0 Å². The Morgan fingerprint density at radius 2 is 1.85 bits per heavy atom. The standard InChI is InChI=1S/C12H14F3NO3.ClH/c1-12(2,11(18)19-3)10(16)7-6(17)4-5(13)8(14)9(7)15;/h4,10,17H,16H2,1-3H3;1H/t10-;/m1./s1. The number of carbonyl (C=O) groups is 1. The van der Waals surface area contributed by atoms with E-state index in [2.05, 4.69) is 4.74 Å². The molecule has 0 saturated carbocycles. The smallest absolute Gasteiger partial charge is 0.313 e. The predicted octanol–water partition coefficient (Wildman–Crippen LogP) is 2.43. The van der Waals surface area contributed by atoms with E-state index in [0.29, 0.717) is 6.07 Å². The second-order valence-electron chi connectivity index (χ2n) is 4.61. The number of hydrogen-bond acceptors (Lipinski definition) is 4. The van der Waals surface area contributed by atoms with Gasteiger partial charge in [-0.3, -0.25) is 4.79 Å². The third kappa shape index (κ3) is 2.99. The Morgan fingerprint density at radius 3 is 2.30 bits per heavy atom. The number of esters is 1. The summed E-state index contributed by atoms with van der Waals surface area (Å²) in [7, 11) is 1.11. The molecule has 0 bridgehead atoms. The first-order valence-electron chi connectivity index (χ1n) is 5.35. The predicted molar refractivity (Wildman–Crippen MR) is 68.0 cm³/mol. The van der Waals surface area contributed by atoms with Crippen LogP contribution in [0.2, 0.25) is 0 Å². The Hall–Kier alpha value is -1.47. The van der Waals surface area contributed by atoms with Crippen LogP contribution in [-0.4, -0.2) is 18.2 Å². The molecule has 0 aliphatic rings. The number of benzene rings is 1. The average molecular weight is 314 g/mol. The fraction of sp³-hybridized carbons (Fsp3) is 0.417. The van der Waals surface area contributed by atoms with Crippen LogP contribution >= 0.6 is 12.4 Å². The van der Waals surface area contributed by atoms with E-state index in [4.69, 9.17) is 5.73 Å². The summed E-state index contributed by atoms with van der Waals surface area (Å²) in [6.07, 6.45) is 0. The van der Waals surface area contributed by atoms with E-state index in [0.717, 1.165) is 7.11 Å². The molecule has 0 aromatic heterocycles. The summed E-state index contributed by atoms with van der Waals surface area (Å²) in [5.74, 6) is -6.56. The van der Waals surface area contributed by atoms with Crippen LogP contribution < -0.4 is 5.73 Å². The van der Waals surface area contributed by atoms with E-state index in [9.17, 15) is 23.1 Å². The van der Waals surface area contributed by atoms with Gasteiger partial charge in [-0.2, -0.15) is 0 Å². The molecule has 1 aromatic rings. The first-order chi connectivity index (χ1) is 8.64. The van der Waals surface area contributed by atoms with Crippen molar-refractivity contribution in [1.82, 2.24) is 0 Å². The Balaban J connectivity index is 0.00000361. The summed E-state index contributed by atoms with van der Waals surface area (Å²) in [6.45, 7) is 2.67. The Kier molecular flexibility index (Phi) is 5.86. The van der Waals surface area contributed by atoms with Crippen molar-refractivity contribution in [2.75, 3.05) is 7.11 Å². The minimum atomic E-state index is -1.76. The molecular weight excluding hydrogens is 299 g/mol. The summed E-state index contributed by atoms with van der Waals surface area (Å²) in [6, 6.07) is -1.00. The SMILES string of the molecule is COC(=O)C(C)(C)[C@H](N)c1c(O)cc(F)c(F)c1F.Cl. The van der Waals surface area contributed by atoms with Crippen LogP contribution in [0.25, 0.3) is 0 Å². The fourth-order valence-corrected chi connectivity index (χ4v) is 1.64. The average Bonchev–Trinajstić information content (AvgIpc) is 2.34. The number of aromatic hydroxyl groups is 1. The van der Waals surface area contributed by atoms with Gasteiger partial charge in [-0.25, -0.2) is 13.2 Å². The first kappa shape index (κ1) is 18.5. The number of rotatable bonds is 3. The van der Waals surface area contributed by atoms with Crippen LogP contribution in [-0.2, 0) is 9.53 Å². The molecule has 0 saturated heterocycles. The van der Waals surface area contributed by atoms with Gasteiger partial charge < -0.3 is 15.6 Å². The zero-order chi connectivity index (χ0) is 15.0. The highest BCUT2D eigenvalue weighted by atomic mass is 35.5. The molecule has 114 valence electrons. The lowest BCUT2D eigenvalue weighted by atomic mass is 9.80. The summed E-state index contributed by atoms with van der Waals surface area (Å²) >= 11 is 0. The summed E-state index contributed by atoms with van der Waals surface area (Å²) < 4.78 is 44.2. The van der Waals surface area contributed by atoms with Crippen LogP contribution in [0.1, 0.15) is 25.5 Å². The van der Waals surface area contributed by atoms with Crippen LogP contribution in [0.15, 0.2) is 6.07 Å². The summed E-state index contributed by atoms with van der Waals surface area (Å²) in [5.41, 5.74) is 3.57. The molecule has 1 aromatic carbocycles. The second kappa shape index (κ2) is 6.32. The van der Waals surface area contributed by atoms with E-state index in [1.54, 1.807) is 0 Å². The molecule has 4 nitrogen and oxygen atoms in total. The van der Waals surface area contributed by atoms with E-state index in [1.165, 1.54) is 13.8 Å². The highest BCUT2D eigenvalue weighted by molar-refractivity contribution is 5.85. The Morgan fingerprint density at radius 1 is 1.35 bits per heavy atom. The number of methoxy groups -OCH3 is 1. The van der Waals surface area contributed by atoms with Crippen molar-refractivity contribution in [3.63, 3.8) is 0 Å². The number of nitrogens with two attached hydrogens (primary N) is 1. The highest BCUT2D eigenvalue weighted by Gasteiger charge is 2.40. The Labute approximate surface area is 120 Å². The van der Waals surface area contributed by atoms with Crippen molar-refractivity contribution in [3.8, 4) is 5.75 Å². The monoisotopic (exact) mass is 313 g/mol. The van der Waals surface area contributed by atoms with Gasteiger partial charge in [0, 0.05) is 6.07 Å². The van der Waals surface area contributed by atoms with Crippen molar-refractivity contribution in [3.05, 3.63) is 29.1 Å². The van der Waals surface area contributed by atoms with Crippen molar-refractivity contribution >= 4 is 18.4 Å². The lowest BCUT2D eigenvalue weighted by molar-refractivity contribution is -0.152. The lowest BCUT2D eigenvalue weighted by Crippen LogP contribution is -2.38. The molecule has 20 heavy (non-hydrogen) atoms. The van der Waals surface area contributed by atoms with Crippen molar-refractivity contribution in [2.45, 2.75) is 19.9 Å². The van der Waals surface area contributed by atoms with Gasteiger partial charge in [-0.1, -0.05) is 0 Å². The minimum Gasteiger partial charge on any atom is -0.507 e. The number of halogens is 4. The van der Waals surface area contributed by atoms with Gasteiger partial charge in [-0.15, -0.1) is 12.4 Å². The molecule has 0 spiro atoms. The highest BCUT2D eigenvalue weighted by Crippen LogP contribution is 2.39. The van der Waals surface area contributed by atoms with Crippen LogP contribution in [0.3, 0.4) is 0 Å². The van der Waals surface area contributed by atoms with E-state index in [-0.39, 0.29) is 12.4 Å². The minimum absolute atomic E-state index is 0. The molecule has 8 heteroatoms. The lowest BCUT2D eigenvalue weighted by Gasteiger charge is -2.29. The zero-order valence-corrected chi connectivity index (χ0v) is 11.9. The summed E-state index contributed by atoms with van der Waals surface area (Å²) in [5, 5.41) is 9.51. The Bertz CT molecular complexity index is 523. The second-order valence-corrected chi connectivity index (χ2v) is 4.61. The maximum absolute atomic E-state index is 13.7. The molecule has 0 unspecified atom stereocenters. The van der Waals surface area contributed by atoms with E-state index < -0.39 is 46.2 Å². The molecule has 1 rings (SSSR count). The summed E-state index contributed by atoms with van der Waals surface area (Å²) in [4.78, 5) is 11.5. The van der Waals surface area contributed by atoms with Gasteiger partial charge >= 0.3 is 5.97 Å². The van der Waals surface area contributed by atoms with Crippen molar-refractivity contribution < 1.29 is 27.8 Å². The van der Waals surface area contributed by atoms with Crippen LogP contribution in [0.4, 0.5) is 13.2 Å². The largest absolute Gasteiger partial charge is 0.507 e. The number of ether oxygens (including phenoxy) is 1. The molecule has 0 fully saturated rings. The molecule has 0 amide bonds. The molecular formula is C12H15ClF3NO3. The van der Waals surface area contributed by atoms with Gasteiger partial charge in [0.1, 0.15) is 5.75 Å². The van der Waals surface area contributed by atoms with Crippen molar-refractivity contribution in [2.24, 2.45) is 11.1 Å². The fourth-order valence-electron chi connectivity index (χ4n) is 1.64. The molecule has 0 aliphatic heterocycles. The number of carbonyl (C=O) groups excluding carboxylic acids is 1. The molecule has 0 heterocycles. The van der Waals surface area contributed by atoms with E-state index >= 15 is 0 Å². The molecule has 0 radical (unpaired) electrons.